The molecule has 20 heavy (non-hydrogen) atoms. The topological polar surface area (TPSA) is 90.1 Å². The van der Waals surface area contributed by atoms with Crippen molar-refractivity contribution in [2.75, 3.05) is 0 Å². The maximum Gasteiger partial charge on any atom is 0.305 e. The van der Waals surface area contributed by atoms with Gasteiger partial charge in [0.25, 0.3) is 0 Å². The Labute approximate surface area is 119 Å². The quantitative estimate of drug-likeness (QED) is 0.824. The van der Waals surface area contributed by atoms with Gasteiger partial charge in [0.05, 0.1) is 18.6 Å². The molecule has 1 aromatic rings. The van der Waals surface area contributed by atoms with Crippen LogP contribution in [0, 0.1) is 5.41 Å². The van der Waals surface area contributed by atoms with E-state index in [9.17, 15) is 4.79 Å². The number of nitrogens with zero attached hydrogens (tertiary/aromatic N) is 4. The van der Waals surface area contributed by atoms with Gasteiger partial charge in [0.1, 0.15) is 6.61 Å². The van der Waals surface area contributed by atoms with E-state index in [0.717, 1.165) is 0 Å². The number of aromatic nitrogens is 4. The van der Waals surface area contributed by atoms with Crippen LogP contribution in [0.15, 0.2) is 0 Å². The lowest BCUT2D eigenvalue weighted by Gasteiger charge is -2.25. The van der Waals surface area contributed by atoms with E-state index in [0.29, 0.717) is 12.2 Å². The molecule has 1 unspecified atom stereocenters. The zero-order valence-electron chi connectivity index (χ0n) is 12.8. The van der Waals surface area contributed by atoms with Crippen LogP contribution < -0.4 is 0 Å². The number of ether oxygens (including phenoxy) is 1. The normalized spacial score (nSPS) is 13.7. The predicted molar refractivity (Wildman–Crippen MR) is 73.1 cm³/mol. The van der Waals surface area contributed by atoms with Gasteiger partial charge >= 0.3 is 5.97 Å². The van der Waals surface area contributed by atoms with Crippen LogP contribution in [-0.2, 0) is 16.1 Å². The predicted octanol–water partition coefficient (Wildman–Crippen LogP) is 2.05. The molecule has 0 aromatic carbocycles. The van der Waals surface area contributed by atoms with Crippen LogP contribution in [0.2, 0.25) is 0 Å². The second-order valence-corrected chi connectivity index (χ2v) is 6.42. The average Bonchev–Trinajstić information content (AvgIpc) is 2.70. The molecular weight excluding hydrogens is 260 g/mol. The summed E-state index contributed by atoms with van der Waals surface area (Å²) in [6, 6.07) is -0.270. The van der Waals surface area contributed by atoms with Crippen LogP contribution in [0.25, 0.3) is 0 Å². The molecule has 0 fully saturated rings. The molecule has 0 saturated heterocycles. The highest BCUT2D eigenvalue weighted by Crippen LogP contribution is 2.29. The molecule has 1 aromatic heterocycles. The first-order chi connectivity index (χ1) is 9.19. The summed E-state index contributed by atoms with van der Waals surface area (Å²) in [5.41, 5.74) is -0.0117. The van der Waals surface area contributed by atoms with Gasteiger partial charge in [0.15, 0.2) is 5.82 Å². The highest BCUT2D eigenvalue weighted by Gasteiger charge is 2.26. The van der Waals surface area contributed by atoms with E-state index in [1.165, 1.54) is 0 Å². The van der Waals surface area contributed by atoms with E-state index >= 15 is 0 Å². The second kappa shape index (κ2) is 6.78. The van der Waals surface area contributed by atoms with Gasteiger partial charge in [0, 0.05) is 0 Å². The van der Waals surface area contributed by atoms with Crippen molar-refractivity contribution in [2.24, 2.45) is 5.41 Å². The highest BCUT2D eigenvalue weighted by molar-refractivity contribution is 5.67. The molecule has 0 saturated carbocycles. The lowest BCUT2D eigenvalue weighted by molar-refractivity contribution is -0.138. The number of hydrogen-bond donors (Lipinski definition) is 1. The first kappa shape index (κ1) is 16.6. The van der Waals surface area contributed by atoms with Crippen molar-refractivity contribution in [1.29, 1.82) is 0 Å². The van der Waals surface area contributed by atoms with Crippen LogP contribution in [-0.4, -0.2) is 37.4 Å². The molecule has 0 aliphatic heterocycles. The summed E-state index contributed by atoms with van der Waals surface area (Å²) in [4.78, 5) is 11.1. The zero-order valence-corrected chi connectivity index (χ0v) is 12.8. The van der Waals surface area contributed by atoms with Crippen molar-refractivity contribution in [3.63, 3.8) is 0 Å². The van der Waals surface area contributed by atoms with Crippen LogP contribution in [0.3, 0.4) is 0 Å². The lowest BCUT2D eigenvalue weighted by atomic mass is 9.87. The third-order valence-electron chi connectivity index (χ3n) is 2.71. The van der Waals surface area contributed by atoms with Gasteiger partial charge in [0.2, 0.25) is 0 Å². The summed E-state index contributed by atoms with van der Waals surface area (Å²) < 4.78 is 7.09. The fraction of sp³-hybridized carbons (Fsp3) is 0.846. The Bertz CT molecular complexity index is 437. The molecule has 114 valence electrons. The van der Waals surface area contributed by atoms with Gasteiger partial charge in [-0.05, 0) is 36.1 Å². The van der Waals surface area contributed by atoms with Gasteiger partial charge in [-0.1, -0.05) is 20.8 Å². The summed E-state index contributed by atoms with van der Waals surface area (Å²) >= 11 is 0. The molecular formula is C13H24N4O3. The number of hydrogen-bond acceptors (Lipinski definition) is 5. The maximum atomic E-state index is 11.1. The van der Waals surface area contributed by atoms with Gasteiger partial charge in [-0.15, -0.1) is 5.10 Å². The first-order valence-corrected chi connectivity index (χ1v) is 6.79. The molecule has 0 bridgehead atoms. The molecule has 7 nitrogen and oxygen atoms in total. The summed E-state index contributed by atoms with van der Waals surface area (Å²) in [7, 11) is 0. The molecule has 1 rings (SSSR count). The Morgan fingerprint density at radius 1 is 1.40 bits per heavy atom. The monoisotopic (exact) mass is 284 g/mol. The fourth-order valence-electron chi connectivity index (χ4n) is 1.99. The third kappa shape index (κ3) is 5.64. The molecule has 1 heterocycles. The zero-order chi connectivity index (χ0) is 15.3. The molecule has 0 spiro atoms. The minimum Gasteiger partial charge on any atom is -0.481 e. The van der Waals surface area contributed by atoms with Crippen LogP contribution in [0.5, 0.6) is 0 Å². The van der Waals surface area contributed by atoms with Gasteiger partial charge in [-0.3, -0.25) is 4.79 Å². The van der Waals surface area contributed by atoms with Crippen LogP contribution in [0.4, 0.5) is 0 Å². The van der Waals surface area contributed by atoms with Crippen molar-refractivity contribution in [1.82, 2.24) is 20.2 Å². The van der Waals surface area contributed by atoms with Crippen molar-refractivity contribution >= 4 is 5.97 Å². The summed E-state index contributed by atoms with van der Waals surface area (Å²) in [5.74, 6) is -0.292. The number of carboxylic acid groups (broad SMARTS) is 1. The Hall–Kier alpha value is -1.50. The van der Waals surface area contributed by atoms with Crippen LogP contribution >= 0.6 is 0 Å². The van der Waals surface area contributed by atoms with Crippen molar-refractivity contribution in [2.45, 2.75) is 66.2 Å². The van der Waals surface area contributed by atoms with Gasteiger partial charge in [-0.25, -0.2) is 4.68 Å². The van der Waals surface area contributed by atoms with E-state index in [2.05, 4.69) is 36.3 Å². The molecule has 1 N–H and O–H groups in total. The summed E-state index contributed by atoms with van der Waals surface area (Å²) in [6.45, 7) is 10.3. The van der Waals surface area contributed by atoms with Crippen molar-refractivity contribution in [3.05, 3.63) is 5.82 Å². The van der Waals surface area contributed by atoms with Gasteiger partial charge in [-0.2, -0.15) is 0 Å². The highest BCUT2D eigenvalue weighted by atomic mass is 16.5. The fourth-order valence-corrected chi connectivity index (χ4v) is 1.99. The van der Waals surface area contributed by atoms with Crippen molar-refractivity contribution in [3.8, 4) is 0 Å². The van der Waals surface area contributed by atoms with E-state index in [1.807, 2.05) is 13.8 Å². The molecule has 0 radical (unpaired) electrons. The molecule has 1 atom stereocenters. The average molecular weight is 284 g/mol. The molecule has 7 heteroatoms. The first-order valence-electron chi connectivity index (χ1n) is 6.79. The number of aliphatic carboxylic acids is 1. The summed E-state index contributed by atoms with van der Waals surface area (Å²) in [5, 5.41) is 20.6. The third-order valence-corrected chi connectivity index (χ3v) is 2.71. The Morgan fingerprint density at radius 3 is 2.55 bits per heavy atom. The molecule has 0 amide bonds. The number of carboxylic acids is 1. The van der Waals surface area contributed by atoms with E-state index < -0.39 is 5.97 Å². The van der Waals surface area contributed by atoms with E-state index in [-0.39, 0.29) is 30.6 Å². The molecule has 0 aliphatic carbocycles. The number of tetrazole rings is 1. The Kier molecular flexibility index (Phi) is 5.62. The van der Waals surface area contributed by atoms with Gasteiger partial charge < -0.3 is 9.84 Å². The standard InChI is InChI=1S/C13H24N4O3/c1-9(2)20-8-11-14-15-16-17(11)10(6-12(18)19)7-13(3,4)5/h9-10H,6-8H2,1-5H3,(H,18,19). The second-order valence-electron chi connectivity index (χ2n) is 6.42. The van der Waals surface area contributed by atoms with Crippen LogP contribution in [0.1, 0.15) is 59.3 Å². The smallest absolute Gasteiger partial charge is 0.305 e. The van der Waals surface area contributed by atoms with E-state index in [1.54, 1.807) is 4.68 Å². The summed E-state index contributed by atoms with van der Waals surface area (Å²) in [6.07, 6.45) is 0.747. The maximum absolute atomic E-state index is 11.1. The Morgan fingerprint density at radius 2 is 2.05 bits per heavy atom. The Balaban J connectivity index is 2.90. The SMILES string of the molecule is CC(C)OCc1nnnn1C(CC(=O)O)CC(C)(C)C. The lowest BCUT2D eigenvalue weighted by Crippen LogP contribution is -2.23. The largest absolute Gasteiger partial charge is 0.481 e. The minimum absolute atomic E-state index is 0.00299. The number of carbonyl (C=O) groups is 1. The van der Waals surface area contributed by atoms with E-state index in [4.69, 9.17) is 9.84 Å². The number of rotatable bonds is 7. The molecule has 0 aliphatic rings. The minimum atomic E-state index is -0.856. The van der Waals surface area contributed by atoms with Crippen molar-refractivity contribution < 1.29 is 14.6 Å².